The maximum absolute atomic E-state index is 11.7. The van der Waals surface area contributed by atoms with Crippen LogP contribution in [0.25, 0.3) is 0 Å². The Labute approximate surface area is 97.1 Å². The molecule has 1 saturated heterocycles. The first-order valence-electron chi connectivity index (χ1n) is 6.12. The molecule has 2 fully saturated rings. The zero-order valence-electron chi connectivity index (χ0n) is 10.4. The number of hydrogen-bond donors (Lipinski definition) is 2. The van der Waals surface area contributed by atoms with Crippen LogP contribution in [-0.4, -0.2) is 30.8 Å². The Morgan fingerprint density at radius 3 is 2.62 bits per heavy atom. The predicted molar refractivity (Wildman–Crippen MR) is 62.3 cm³/mol. The van der Waals surface area contributed by atoms with E-state index in [0.29, 0.717) is 11.5 Å². The number of ether oxygens (including phenoxy) is 1. The Morgan fingerprint density at radius 2 is 2.12 bits per heavy atom. The van der Waals surface area contributed by atoms with Crippen LogP contribution in [-0.2, 0) is 4.74 Å². The third-order valence-electron chi connectivity index (χ3n) is 3.55. The second-order valence-electron chi connectivity index (χ2n) is 6.06. The molecule has 2 N–H and O–H groups in total. The molecular formula is C12H22N2O2. The normalized spacial score (nSPS) is 27.6. The highest BCUT2D eigenvalue weighted by atomic mass is 16.6. The molecule has 16 heavy (non-hydrogen) atoms. The van der Waals surface area contributed by atoms with Crippen molar-refractivity contribution in [3.8, 4) is 0 Å². The highest BCUT2D eigenvalue weighted by Crippen LogP contribution is 2.41. The molecule has 2 aliphatic rings. The number of amides is 1. The van der Waals surface area contributed by atoms with Crippen molar-refractivity contribution < 1.29 is 9.53 Å². The van der Waals surface area contributed by atoms with Gasteiger partial charge in [-0.2, -0.15) is 0 Å². The molecule has 1 aliphatic carbocycles. The van der Waals surface area contributed by atoms with E-state index in [9.17, 15) is 4.79 Å². The molecule has 4 nitrogen and oxygen atoms in total. The number of rotatable bonds is 1. The van der Waals surface area contributed by atoms with Crippen molar-refractivity contribution in [1.82, 2.24) is 10.6 Å². The number of carbonyl (C=O) groups excluding carboxylic acids is 1. The molecule has 1 saturated carbocycles. The molecule has 1 unspecified atom stereocenters. The Hall–Kier alpha value is -0.770. The minimum absolute atomic E-state index is 0.273. The molecule has 0 aromatic rings. The quantitative estimate of drug-likeness (QED) is 0.715. The molecule has 2 rings (SSSR count). The molecule has 1 atom stereocenters. The summed E-state index contributed by atoms with van der Waals surface area (Å²) in [5, 5.41) is 6.33. The van der Waals surface area contributed by atoms with Crippen molar-refractivity contribution in [3.63, 3.8) is 0 Å². The van der Waals surface area contributed by atoms with Gasteiger partial charge in [0.05, 0.1) is 0 Å². The molecule has 0 bridgehead atoms. The van der Waals surface area contributed by atoms with Crippen LogP contribution in [0.2, 0.25) is 0 Å². The molecule has 1 amide bonds. The SMILES string of the molecule is CC(C)(C)OC(=O)NC1CCCC12CNC2. The van der Waals surface area contributed by atoms with Gasteiger partial charge in [0.15, 0.2) is 0 Å². The summed E-state index contributed by atoms with van der Waals surface area (Å²) in [5.74, 6) is 0. The van der Waals surface area contributed by atoms with Crippen LogP contribution in [0.3, 0.4) is 0 Å². The summed E-state index contributed by atoms with van der Waals surface area (Å²) in [4.78, 5) is 11.7. The Morgan fingerprint density at radius 1 is 1.44 bits per heavy atom. The van der Waals surface area contributed by atoms with Gasteiger partial charge in [-0.1, -0.05) is 6.42 Å². The molecule has 1 aliphatic heterocycles. The third kappa shape index (κ3) is 2.32. The highest BCUT2D eigenvalue weighted by molar-refractivity contribution is 5.68. The van der Waals surface area contributed by atoms with E-state index in [0.717, 1.165) is 19.5 Å². The van der Waals surface area contributed by atoms with E-state index in [4.69, 9.17) is 4.74 Å². The third-order valence-corrected chi connectivity index (χ3v) is 3.55. The largest absolute Gasteiger partial charge is 0.444 e. The summed E-state index contributed by atoms with van der Waals surface area (Å²) in [6.45, 7) is 7.74. The summed E-state index contributed by atoms with van der Waals surface area (Å²) in [6.07, 6.45) is 3.24. The maximum atomic E-state index is 11.7. The Balaban J connectivity index is 1.87. The highest BCUT2D eigenvalue weighted by Gasteiger charge is 2.48. The monoisotopic (exact) mass is 226 g/mol. The number of alkyl carbamates (subject to hydrolysis) is 1. The van der Waals surface area contributed by atoms with E-state index in [2.05, 4.69) is 10.6 Å². The van der Waals surface area contributed by atoms with Gasteiger partial charge >= 0.3 is 6.09 Å². The van der Waals surface area contributed by atoms with Gasteiger partial charge in [0.1, 0.15) is 5.60 Å². The van der Waals surface area contributed by atoms with E-state index in [-0.39, 0.29) is 6.09 Å². The fourth-order valence-corrected chi connectivity index (χ4v) is 2.68. The molecule has 1 heterocycles. The topological polar surface area (TPSA) is 50.4 Å². The second-order valence-corrected chi connectivity index (χ2v) is 6.06. The first-order chi connectivity index (χ1) is 7.41. The summed E-state index contributed by atoms with van der Waals surface area (Å²) >= 11 is 0. The Bertz CT molecular complexity index is 279. The molecule has 4 heteroatoms. The van der Waals surface area contributed by atoms with Crippen LogP contribution in [0, 0.1) is 5.41 Å². The van der Waals surface area contributed by atoms with Crippen LogP contribution in [0.4, 0.5) is 4.79 Å². The zero-order valence-corrected chi connectivity index (χ0v) is 10.4. The van der Waals surface area contributed by atoms with Crippen LogP contribution in [0.15, 0.2) is 0 Å². The van der Waals surface area contributed by atoms with Gasteiger partial charge in [-0.05, 0) is 33.6 Å². The molecular weight excluding hydrogens is 204 g/mol. The lowest BCUT2D eigenvalue weighted by Gasteiger charge is -2.44. The maximum Gasteiger partial charge on any atom is 0.407 e. The Kier molecular flexibility index (Phi) is 2.86. The number of hydrogen-bond acceptors (Lipinski definition) is 3. The van der Waals surface area contributed by atoms with Crippen LogP contribution >= 0.6 is 0 Å². The average Bonchev–Trinajstić information content (AvgIpc) is 2.42. The van der Waals surface area contributed by atoms with Crippen molar-refractivity contribution >= 4 is 6.09 Å². The number of nitrogens with one attached hydrogen (secondary N) is 2. The average molecular weight is 226 g/mol. The van der Waals surface area contributed by atoms with E-state index < -0.39 is 5.60 Å². The standard InChI is InChI=1S/C12H22N2O2/c1-11(2,3)16-10(15)14-9-5-4-6-12(9)7-13-8-12/h9,13H,4-8H2,1-3H3,(H,14,15). The lowest BCUT2D eigenvalue weighted by atomic mass is 9.77. The summed E-state index contributed by atoms with van der Waals surface area (Å²) in [5.41, 5.74) is -0.0926. The van der Waals surface area contributed by atoms with Crippen LogP contribution < -0.4 is 10.6 Å². The van der Waals surface area contributed by atoms with Crippen molar-refractivity contribution in [2.45, 2.75) is 51.7 Å². The van der Waals surface area contributed by atoms with Gasteiger partial charge in [0, 0.05) is 24.5 Å². The molecule has 1 spiro atoms. The summed E-state index contributed by atoms with van der Waals surface area (Å²) < 4.78 is 5.29. The predicted octanol–water partition coefficient (Wildman–Crippen LogP) is 1.65. The van der Waals surface area contributed by atoms with Gasteiger partial charge in [-0.3, -0.25) is 0 Å². The molecule has 0 aromatic carbocycles. The van der Waals surface area contributed by atoms with E-state index in [1.165, 1.54) is 12.8 Å². The van der Waals surface area contributed by atoms with Crippen molar-refractivity contribution in [3.05, 3.63) is 0 Å². The minimum Gasteiger partial charge on any atom is -0.444 e. The fourth-order valence-electron chi connectivity index (χ4n) is 2.68. The number of carbonyl (C=O) groups is 1. The molecule has 0 aromatic heterocycles. The van der Waals surface area contributed by atoms with Crippen molar-refractivity contribution in [2.24, 2.45) is 5.41 Å². The van der Waals surface area contributed by atoms with E-state index in [1.54, 1.807) is 0 Å². The van der Waals surface area contributed by atoms with Crippen LogP contribution in [0.5, 0.6) is 0 Å². The molecule has 0 radical (unpaired) electrons. The zero-order chi connectivity index (χ0) is 11.8. The summed E-state index contributed by atoms with van der Waals surface area (Å²) in [7, 11) is 0. The van der Waals surface area contributed by atoms with Crippen molar-refractivity contribution in [2.75, 3.05) is 13.1 Å². The molecule has 92 valence electrons. The lowest BCUT2D eigenvalue weighted by Crippen LogP contribution is -2.62. The second kappa shape index (κ2) is 3.91. The first kappa shape index (κ1) is 11.7. The lowest BCUT2D eigenvalue weighted by molar-refractivity contribution is 0.0416. The van der Waals surface area contributed by atoms with Gasteiger partial charge in [-0.15, -0.1) is 0 Å². The fraction of sp³-hybridized carbons (Fsp3) is 0.917. The van der Waals surface area contributed by atoms with Gasteiger partial charge in [0.2, 0.25) is 0 Å². The smallest absolute Gasteiger partial charge is 0.407 e. The van der Waals surface area contributed by atoms with Crippen molar-refractivity contribution in [1.29, 1.82) is 0 Å². The van der Waals surface area contributed by atoms with Gasteiger partial charge in [0.25, 0.3) is 0 Å². The van der Waals surface area contributed by atoms with E-state index >= 15 is 0 Å². The first-order valence-corrected chi connectivity index (χ1v) is 6.12. The van der Waals surface area contributed by atoms with Gasteiger partial charge < -0.3 is 15.4 Å². The van der Waals surface area contributed by atoms with Crippen LogP contribution in [0.1, 0.15) is 40.0 Å². The van der Waals surface area contributed by atoms with E-state index in [1.807, 2.05) is 20.8 Å². The van der Waals surface area contributed by atoms with Gasteiger partial charge in [-0.25, -0.2) is 4.79 Å². The minimum atomic E-state index is -0.409. The summed E-state index contributed by atoms with van der Waals surface area (Å²) in [6, 6.07) is 0.295.